The molecule has 0 saturated carbocycles. The molecule has 0 saturated heterocycles. The van der Waals surface area contributed by atoms with Crippen LogP contribution in [0.3, 0.4) is 0 Å². The van der Waals surface area contributed by atoms with Crippen molar-refractivity contribution < 1.29 is 4.74 Å². The molecule has 18 heavy (non-hydrogen) atoms. The predicted molar refractivity (Wildman–Crippen MR) is 75.5 cm³/mol. The molecule has 0 spiro atoms. The number of hydrogen-bond acceptors (Lipinski definition) is 4. The first-order valence-electron chi connectivity index (χ1n) is 6.45. The Morgan fingerprint density at radius 3 is 2.61 bits per heavy atom. The number of hydrogen-bond donors (Lipinski definition) is 0. The number of nitrogens with zero attached hydrogens (tertiary/aromatic N) is 3. The minimum atomic E-state index is 0.271. The van der Waals surface area contributed by atoms with Crippen LogP contribution in [0.15, 0.2) is 6.07 Å². The van der Waals surface area contributed by atoms with Gasteiger partial charge in [-0.3, -0.25) is 0 Å². The molecule has 1 heterocycles. The molecule has 0 fully saturated rings. The Kier molecular flexibility index (Phi) is 6.36. The summed E-state index contributed by atoms with van der Waals surface area (Å²) < 4.78 is 5.38. The highest BCUT2D eigenvalue weighted by atomic mass is 35.5. The van der Waals surface area contributed by atoms with Crippen LogP contribution in [0.25, 0.3) is 0 Å². The predicted octanol–water partition coefficient (Wildman–Crippen LogP) is 3.12. The van der Waals surface area contributed by atoms with E-state index in [2.05, 4.69) is 35.6 Å². The SMILES string of the molecule is CCOCCN(CC)c1cc(Cl)nc(C(C)C)n1. The van der Waals surface area contributed by atoms with Gasteiger partial charge in [-0.25, -0.2) is 9.97 Å². The number of likely N-dealkylation sites (N-methyl/N-ethyl adjacent to an activating group) is 1. The fourth-order valence-electron chi connectivity index (χ4n) is 1.60. The Labute approximate surface area is 114 Å². The fraction of sp³-hybridized carbons (Fsp3) is 0.692. The second-order valence-corrected chi connectivity index (χ2v) is 4.73. The van der Waals surface area contributed by atoms with Crippen LogP contribution in [-0.2, 0) is 4.74 Å². The molecule has 0 atom stereocenters. The van der Waals surface area contributed by atoms with Gasteiger partial charge in [0.2, 0.25) is 0 Å². The smallest absolute Gasteiger partial charge is 0.135 e. The fourth-order valence-corrected chi connectivity index (χ4v) is 1.78. The quantitative estimate of drug-likeness (QED) is 0.564. The van der Waals surface area contributed by atoms with Gasteiger partial charge in [-0.15, -0.1) is 0 Å². The van der Waals surface area contributed by atoms with Crippen molar-refractivity contribution in [1.82, 2.24) is 9.97 Å². The van der Waals surface area contributed by atoms with Gasteiger partial charge in [0, 0.05) is 31.7 Å². The monoisotopic (exact) mass is 271 g/mol. The molecule has 0 aliphatic heterocycles. The number of rotatable bonds is 7. The van der Waals surface area contributed by atoms with Gasteiger partial charge in [0.1, 0.15) is 16.8 Å². The van der Waals surface area contributed by atoms with E-state index < -0.39 is 0 Å². The van der Waals surface area contributed by atoms with E-state index in [-0.39, 0.29) is 5.92 Å². The molecule has 5 heteroatoms. The van der Waals surface area contributed by atoms with Crippen LogP contribution < -0.4 is 4.90 Å². The van der Waals surface area contributed by atoms with Crippen LogP contribution in [0.1, 0.15) is 39.4 Å². The summed E-state index contributed by atoms with van der Waals surface area (Å²) >= 11 is 6.05. The van der Waals surface area contributed by atoms with Gasteiger partial charge in [0.15, 0.2) is 0 Å². The summed E-state index contributed by atoms with van der Waals surface area (Å²) in [4.78, 5) is 10.9. The Morgan fingerprint density at radius 2 is 2.06 bits per heavy atom. The lowest BCUT2D eigenvalue weighted by atomic mass is 10.2. The van der Waals surface area contributed by atoms with Crippen molar-refractivity contribution in [2.45, 2.75) is 33.6 Å². The third kappa shape index (κ3) is 4.42. The van der Waals surface area contributed by atoms with E-state index in [0.29, 0.717) is 11.8 Å². The Balaban J connectivity index is 2.84. The molecule has 0 aromatic carbocycles. The van der Waals surface area contributed by atoms with E-state index in [9.17, 15) is 0 Å². The maximum Gasteiger partial charge on any atom is 0.135 e. The lowest BCUT2D eigenvalue weighted by molar-refractivity contribution is 0.154. The van der Waals surface area contributed by atoms with Crippen molar-refractivity contribution in [2.75, 3.05) is 31.2 Å². The first-order valence-corrected chi connectivity index (χ1v) is 6.83. The minimum absolute atomic E-state index is 0.271. The molecule has 1 aromatic heterocycles. The largest absolute Gasteiger partial charge is 0.380 e. The molecule has 0 amide bonds. The number of halogens is 1. The van der Waals surface area contributed by atoms with Crippen LogP contribution in [0.2, 0.25) is 5.15 Å². The third-order valence-corrected chi connectivity index (χ3v) is 2.82. The zero-order chi connectivity index (χ0) is 13.5. The van der Waals surface area contributed by atoms with Gasteiger partial charge in [-0.1, -0.05) is 25.4 Å². The maximum absolute atomic E-state index is 6.05. The first-order chi connectivity index (χ1) is 8.58. The molecule has 0 bridgehead atoms. The normalized spacial score (nSPS) is 11.0. The van der Waals surface area contributed by atoms with Gasteiger partial charge < -0.3 is 9.64 Å². The highest BCUT2D eigenvalue weighted by Gasteiger charge is 2.11. The molecule has 0 unspecified atom stereocenters. The van der Waals surface area contributed by atoms with Gasteiger partial charge in [0.25, 0.3) is 0 Å². The third-order valence-electron chi connectivity index (χ3n) is 2.63. The summed E-state index contributed by atoms with van der Waals surface area (Å²) in [5.74, 6) is 1.93. The number of aromatic nitrogens is 2. The minimum Gasteiger partial charge on any atom is -0.380 e. The molecular weight excluding hydrogens is 250 g/mol. The van der Waals surface area contributed by atoms with Crippen LogP contribution in [-0.4, -0.2) is 36.3 Å². The maximum atomic E-state index is 6.05. The molecular formula is C13H22ClN3O. The van der Waals surface area contributed by atoms with Gasteiger partial charge >= 0.3 is 0 Å². The van der Waals surface area contributed by atoms with Crippen LogP contribution in [0.5, 0.6) is 0 Å². The Bertz CT molecular complexity index is 371. The number of ether oxygens (including phenoxy) is 1. The number of anilines is 1. The van der Waals surface area contributed by atoms with Crippen LogP contribution in [0.4, 0.5) is 5.82 Å². The first kappa shape index (κ1) is 15.2. The molecule has 0 aliphatic rings. The zero-order valence-electron chi connectivity index (χ0n) is 11.6. The standard InChI is InChI=1S/C13H22ClN3O/c1-5-17(7-8-18-6-2)12-9-11(14)15-13(16-12)10(3)4/h9-10H,5-8H2,1-4H3. The topological polar surface area (TPSA) is 38.2 Å². The molecule has 1 rings (SSSR count). The molecule has 0 aliphatic carbocycles. The van der Waals surface area contributed by atoms with Crippen molar-refractivity contribution in [2.24, 2.45) is 0 Å². The second kappa shape index (κ2) is 7.54. The lowest BCUT2D eigenvalue weighted by Crippen LogP contribution is -2.28. The second-order valence-electron chi connectivity index (χ2n) is 4.34. The highest BCUT2D eigenvalue weighted by Crippen LogP contribution is 2.19. The molecule has 0 N–H and O–H groups in total. The summed E-state index contributed by atoms with van der Waals surface area (Å²) in [6.07, 6.45) is 0. The summed E-state index contributed by atoms with van der Waals surface area (Å²) in [7, 11) is 0. The van der Waals surface area contributed by atoms with Crippen LogP contribution in [0, 0.1) is 0 Å². The van der Waals surface area contributed by atoms with E-state index >= 15 is 0 Å². The molecule has 0 radical (unpaired) electrons. The summed E-state index contributed by atoms with van der Waals surface area (Å²) in [5, 5.41) is 0.499. The molecule has 4 nitrogen and oxygen atoms in total. The van der Waals surface area contributed by atoms with E-state index in [0.717, 1.165) is 31.3 Å². The van der Waals surface area contributed by atoms with E-state index in [1.165, 1.54) is 0 Å². The highest BCUT2D eigenvalue weighted by molar-refractivity contribution is 6.29. The zero-order valence-corrected chi connectivity index (χ0v) is 12.4. The summed E-state index contributed by atoms with van der Waals surface area (Å²) in [6.45, 7) is 11.3. The van der Waals surface area contributed by atoms with Gasteiger partial charge in [0.05, 0.1) is 6.61 Å². The van der Waals surface area contributed by atoms with Crippen molar-refractivity contribution in [1.29, 1.82) is 0 Å². The average molecular weight is 272 g/mol. The Hall–Kier alpha value is -0.870. The van der Waals surface area contributed by atoms with Crippen molar-refractivity contribution in [3.8, 4) is 0 Å². The average Bonchev–Trinajstić information content (AvgIpc) is 2.34. The molecule has 1 aromatic rings. The van der Waals surface area contributed by atoms with Crippen LogP contribution >= 0.6 is 11.6 Å². The Morgan fingerprint density at radius 1 is 1.33 bits per heavy atom. The van der Waals surface area contributed by atoms with Crippen molar-refractivity contribution >= 4 is 17.4 Å². The van der Waals surface area contributed by atoms with Gasteiger partial charge in [-0.2, -0.15) is 0 Å². The van der Waals surface area contributed by atoms with E-state index in [4.69, 9.17) is 16.3 Å². The molecule has 102 valence electrons. The van der Waals surface area contributed by atoms with E-state index in [1.807, 2.05) is 13.0 Å². The van der Waals surface area contributed by atoms with Crippen molar-refractivity contribution in [3.63, 3.8) is 0 Å². The summed E-state index contributed by atoms with van der Waals surface area (Å²) in [5.41, 5.74) is 0. The van der Waals surface area contributed by atoms with Gasteiger partial charge in [-0.05, 0) is 13.8 Å². The van der Waals surface area contributed by atoms with E-state index in [1.54, 1.807) is 0 Å². The van der Waals surface area contributed by atoms with Crippen molar-refractivity contribution in [3.05, 3.63) is 17.0 Å². The lowest BCUT2D eigenvalue weighted by Gasteiger charge is -2.22. The summed E-state index contributed by atoms with van der Waals surface area (Å²) in [6, 6.07) is 1.81.